The van der Waals surface area contributed by atoms with Crippen LogP contribution in [0.3, 0.4) is 0 Å². The molecule has 0 aliphatic rings. The summed E-state index contributed by atoms with van der Waals surface area (Å²) in [6.07, 6.45) is -0.473. The Kier molecular flexibility index (Phi) is 6.49. The van der Waals surface area contributed by atoms with Crippen molar-refractivity contribution in [3.05, 3.63) is 69.2 Å². The topological polar surface area (TPSA) is 70.6 Å². The van der Waals surface area contributed by atoms with Crippen LogP contribution in [0.5, 0.6) is 0 Å². The fourth-order valence-electron chi connectivity index (χ4n) is 2.28. The zero-order chi connectivity index (χ0) is 17.7. The molecule has 0 heterocycles. The van der Waals surface area contributed by atoms with E-state index in [0.29, 0.717) is 22.5 Å². The summed E-state index contributed by atoms with van der Waals surface area (Å²) in [4.78, 5) is 4.33. The van der Waals surface area contributed by atoms with Gasteiger partial charge < -0.3 is 16.2 Å². The number of benzene rings is 2. The van der Waals surface area contributed by atoms with E-state index in [1.54, 1.807) is 19.1 Å². The van der Waals surface area contributed by atoms with E-state index in [1.807, 2.05) is 37.3 Å². The number of aliphatic hydroxyl groups excluding tert-OH is 1. The average Bonchev–Trinajstić information content (AvgIpc) is 2.53. The van der Waals surface area contributed by atoms with E-state index in [9.17, 15) is 5.11 Å². The minimum absolute atomic E-state index is 0.0869. The lowest BCUT2D eigenvalue weighted by Gasteiger charge is -2.16. The predicted octanol–water partition coefficient (Wildman–Crippen LogP) is 4.21. The highest BCUT2D eigenvalue weighted by Crippen LogP contribution is 2.25. The van der Waals surface area contributed by atoms with Crippen LogP contribution in [0, 0.1) is 0 Å². The molecule has 0 bridgehead atoms. The highest BCUT2D eigenvalue weighted by molar-refractivity contribution is 6.35. The van der Waals surface area contributed by atoms with Gasteiger partial charge in [0.15, 0.2) is 5.96 Å². The zero-order valence-corrected chi connectivity index (χ0v) is 15.1. The molecule has 0 fully saturated rings. The Morgan fingerprint density at radius 1 is 1.17 bits per heavy atom. The van der Waals surface area contributed by atoms with Crippen LogP contribution in [0.25, 0.3) is 0 Å². The number of aliphatic hydroxyl groups is 1. The second kappa shape index (κ2) is 8.38. The Bertz CT molecular complexity index is 715. The monoisotopic (exact) mass is 365 g/mol. The van der Waals surface area contributed by atoms with Crippen LogP contribution in [0.1, 0.15) is 42.7 Å². The Hall–Kier alpha value is -1.75. The normalized spacial score (nSPS) is 14.3. The van der Waals surface area contributed by atoms with Crippen LogP contribution in [0.15, 0.2) is 47.5 Å². The second-order valence-electron chi connectivity index (χ2n) is 5.65. The molecule has 0 aliphatic heterocycles. The van der Waals surface area contributed by atoms with Crippen molar-refractivity contribution in [1.82, 2.24) is 5.32 Å². The number of nitrogens with one attached hydrogen (secondary N) is 1. The van der Waals surface area contributed by atoms with Crippen molar-refractivity contribution in [1.29, 1.82) is 0 Å². The van der Waals surface area contributed by atoms with E-state index >= 15 is 0 Å². The Labute approximate surface area is 152 Å². The van der Waals surface area contributed by atoms with Crippen molar-refractivity contribution >= 4 is 29.2 Å². The average molecular weight is 366 g/mol. The first-order valence-electron chi connectivity index (χ1n) is 7.65. The van der Waals surface area contributed by atoms with Gasteiger partial charge in [-0.3, -0.25) is 0 Å². The Balaban J connectivity index is 1.98. The molecule has 2 aromatic rings. The molecule has 2 atom stereocenters. The molecule has 0 aliphatic carbocycles. The van der Waals surface area contributed by atoms with Crippen LogP contribution < -0.4 is 11.1 Å². The van der Waals surface area contributed by atoms with Gasteiger partial charge >= 0.3 is 0 Å². The molecule has 128 valence electrons. The number of halogens is 2. The second-order valence-corrected chi connectivity index (χ2v) is 6.49. The number of nitrogens with zero attached hydrogens (tertiary/aromatic N) is 1. The van der Waals surface area contributed by atoms with Crippen LogP contribution in [-0.4, -0.2) is 11.1 Å². The lowest BCUT2D eigenvalue weighted by molar-refractivity contribution is 0.199. The summed E-state index contributed by atoms with van der Waals surface area (Å²) in [7, 11) is 0. The Morgan fingerprint density at radius 2 is 1.83 bits per heavy atom. The highest BCUT2D eigenvalue weighted by Gasteiger charge is 2.10. The zero-order valence-electron chi connectivity index (χ0n) is 13.6. The highest BCUT2D eigenvalue weighted by atomic mass is 35.5. The molecule has 2 aromatic carbocycles. The molecule has 0 radical (unpaired) electrons. The van der Waals surface area contributed by atoms with E-state index in [2.05, 4.69) is 10.3 Å². The minimum Gasteiger partial charge on any atom is -0.389 e. The molecule has 0 amide bonds. The van der Waals surface area contributed by atoms with E-state index in [-0.39, 0.29) is 6.04 Å². The summed E-state index contributed by atoms with van der Waals surface area (Å²) in [6, 6.07) is 12.9. The number of aliphatic imine (C=N–C) groups is 1. The van der Waals surface area contributed by atoms with Crippen molar-refractivity contribution < 1.29 is 5.11 Å². The van der Waals surface area contributed by atoms with Crippen LogP contribution in [-0.2, 0) is 6.54 Å². The van der Waals surface area contributed by atoms with Gasteiger partial charge in [0.25, 0.3) is 0 Å². The third-order valence-electron chi connectivity index (χ3n) is 3.69. The van der Waals surface area contributed by atoms with Gasteiger partial charge in [-0.2, -0.15) is 0 Å². The molecule has 2 unspecified atom stereocenters. The minimum atomic E-state index is -0.473. The number of rotatable bonds is 5. The quantitative estimate of drug-likeness (QED) is 0.548. The third kappa shape index (κ3) is 5.13. The molecule has 0 saturated carbocycles. The van der Waals surface area contributed by atoms with Gasteiger partial charge in [0.05, 0.1) is 18.7 Å². The van der Waals surface area contributed by atoms with E-state index < -0.39 is 6.10 Å². The molecule has 4 nitrogen and oxygen atoms in total. The Morgan fingerprint density at radius 3 is 2.42 bits per heavy atom. The first-order valence-corrected chi connectivity index (χ1v) is 8.40. The maximum Gasteiger partial charge on any atom is 0.189 e. The molecule has 4 N–H and O–H groups in total. The fraction of sp³-hybridized carbons (Fsp3) is 0.278. The fourth-order valence-corrected chi connectivity index (χ4v) is 2.85. The lowest BCUT2D eigenvalue weighted by atomic mass is 10.1. The molecular weight excluding hydrogens is 345 g/mol. The van der Waals surface area contributed by atoms with Crippen molar-refractivity contribution in [3.63, 3.8) is 0 Å². The first-order chi connectivity index (χ1) is 11.4. The van der Waals surface area contributed by atoms with E-state index in [1.165, 1.54) is 0 Å². The number of nitrogens with two attached hydrogens (primary N) is 1. The number of hydrogen-bond acceptors (Lipinski definition) is 2. The smallest absolute Gasteiger partial charge is 0.189 e. The summed E-state index contributed by atoms with van der Waals surface area (Å²) in [5, 5.41) is 13.8. The number of hydrogen-bond donors (Lipinski definition) is 3. The number of guanidine groups is 1. The van der Waals surface area contributed by atoms with Gasteiger partial charge in [-0.15, -0.1) is 0 Å². The van der Waals surface area contributed by atoms with Gasteiger partial charge in [-0.05, 0) is 42.7 Å². The summed E-state index contributed by atoms with van der Waals surface area (Å²) >= 11 is 12.1. The molecule has 24 heavy (non-hydrogen) atoms. The summed E-state index contributed by atoms with van der Waals surface area (Å²) in [5.41, 5.74) is 8.74. The van der Waals surface area contributed by atoms with Crippen molar-refractivity contribution in [2.45, 2.75) is 32.5 Å². The summed E-state index contributed by atoms with van der Waals surface area (Å²) in [6.45, 7) is 4.15. The first kappa shape index (κ1) is 18.6. The van der Waals surface area contributed by atoms with Gasteiger partial charge in [0.2, 0.25) is 0 Å². The van der Waals surface area contributed by atoms with Crippen LogP contribution in [0.2, 0.25) is 10.0 Å². The predicted molar refractivity (Wildman–Crippen MR) is 100 cm³/mol. The van der Waals surface area contributed by atoms with Crippen LogP contribution >= 0.6 is 23.2 Å². The van der Waals surface area contributed by atoms with E-state index in [4.69, 9.17) is 28.9 Å². The SMILES string of the molecule is CC(O)c1ccc(CN=C(N)NC(C)c2ccc(Cl)cc2Cl)cc1. The maximum atomic E-state index is 9.50. The molecule has 0 spiro atoms. The standard InChI is InChI=1S/C18H21Cl2N3O/c1-11(16-8-7-15(19)9-17(16)20)23-18(21)22-10-13-3-5-14(6-4-13)12(2)24/h3-9,11-12,24H,10H2,1-2H3,(H3,21,22,23). The van der Waals surface area contributed by atoms with Gasteiger partial charge in [0, 0.05) is 10.0 Å². The maximum absolute atomic E-state index is 9.50. The van der Waals surface area contributed by atoms with Gasteiger partial charge in [-0.1, -0.05) is 53.5 Å². The molecular formula is C18H21Cl2N3O. The van der Waals surface area contributed by atoms with Gasteiger partial charge in [-0.25, -0.2) is 4.99 Å². The summed E-state index contributed by atoms with van der Waals surface area (Å²) < 4.78 is 0. The summed E-state index contributed by atoms with van der Waals surface area (Å²) in [5.74, 6) is 0.341. The van der Waals surface area contributed by atoms with Crippen molar-refractivity contribution in [2.24, 2.45) is 10.7 Å². The van der Waals surface area contributed by atoms with Gasteiger partial charge in [0.1, 0.15) is 0 Å². The molecule has 0 aromatic heterocycles. The molecule has 2 rings (SSSR count). The third-order valence-corrected chi connectivity index (χ3v) is 4.25. The van der Waals surface area contributed by atoms with Crippen molar-refractivity contribution in [3.8, 4) is 0 Å². The van der Waals surface area contributed by atoms with E-state index in [0.717, 1.165) is 16.7 Å². The largest absolute Gasteiger partial charge is 0.389 e. The molecule has 0 saturated heterocycles. The lowest BCUT2D eigenvalue weighted by Crippen LogP contribution is -2.34. The molecule has 6 heteroatoms. The van der Waals surface area contributed by atoms with Crippen LogP contribution in [0.4, 0.5) is 0 Å². The van der Waals surface area contributed by atoms with Crippen molar-refractivity contribution in [2.75, 3.05) is 0 Å².